The average molecular weight is 280 g/mol. The van der Waals surface area contributed by atoms with Gasteiger partial charge in [0.15, 0.2) is 0 Å². The van der Waals surface area contributed by atoms with Crippen molar-refractivity contribution in [3.05, 3.63) is 39.9 Å². The molecule has 0 aliphatic rings. The number of amides is 1. The summed E-state index contributed by atoms with van der Waals surface area (Å²) in [6, 6.07) is 6.18. The molecule has 0 heterocycles. The summed E-state index contributed by atoms with van der Waals surface area (Å²) in [5.74, 6) is 0. The Bertz CT molecular complexity index is 445. The fourth-order valence-electron chi connectivity index (χ4n) is 1.64. The number of rotatable bonds is 7. The summed E-state index contributed by atoms with van der Waals surface area (Å²) in [7, 11) is 0. The number of benzene rings is 1. The van der Waals surface area contributed by atoms with Crippen molar-refractivity contribution >= 4 is 11.8 Å². The number of hydrogen-bond donors (Lipinski definition) is 0. The summed E-state index contributed by atoms with van der Waals surface area (Å²) in [5, 5.41) is 10.6. The van der Waals surface area contributed by atoms with Gasteiger partial charge >= 0.3 is 6.09 Å². The third kappa shape index (κ3) is 4.87. The highest BCUT2D eigenvalue weighted by atomic mass is 16.6. The first-order chi connectivity index (χ1) is 9.58. The maximum Gasteiger partial charge on any atom is 0.410 e. The van der Waals surface area contributed by atoms with Gasteiger partial charge in [0.1, 0.15) is 0 Å². The summed E-state index contributed by atoms with van der Waals surface area (Å²) in [5.41, 5.74) is 0.882. The van der Waals surface area contributed by atoms with E-state index in [4.69, 9.17) is 4.74 Å². The Morgan fingerprint density at radius 3 is 2.45 bits per heavy atom. The Balaban J connectivity index is 2.58. The molecule has 0 aliphatic carbocycles. The molecule has 1 rings (SSSR count). The maximum atomic E-state index is 11.8. The Morgan fingerprint density at radius 2 is 1.95 bits per heavy atom. The molecule has 0 spiro atoms. The van der Waals surface area contributed by atoms with Gasteiger partial charge in [-0.1, -0.05) is 25.5 Å². The second-order valence-corrected chi connectivity index (χ2v) is 4.41. The molecule has 1 aromatic carbocycles. The molecule has 20 heavy (non-hydrogen) atoms. The van der Waals surface area contributed by atoms with E-state index in [2.05, 4.69) is 0 Å². The largest absolute Gasteiger partial charge is 0.449 e. The smallest absolute Gasteiger partial charge is 0.410 e. The lowest BCUT2D eigenvalue weighted by atomic mass is 10.2. The van der Waals surface area contributed by atoms with Gasteiger partial charge in [0.2, 0.25) is 0 Å². The standard InChI is InChI=1S/C14H20N2O4/c1-3-5-10-20-14(17)15(4-2)11-12-6-8-13(9-7-12)16(18)19/h6-9H,3-5,10-11H2,1-2H3. The van der Waals surface area contributed by atoms with Crippen molar-refractivity contribution in [2.75, 3.05) is 13.2 Å². The van der Waals surface area contributed by atoms with E-state index in [9.17, 15) is 14.9 Å². The molecule has 0 unspecified atom stereocenters. The highest BCUT2D eigenvalue weighted by molar-refractivity contribution is 5.67. The second kappa shape index (κ2) is 8.14. The predicted octanol–water partition coefficient (Wildman–Crippen LogP) is 3.35. The Labute approximate surface area is 118 Å². The molecule has 0 N–H and O–H groups in total. The van der Waals surface area contributed by atoms with E-state index in [1.165, 1.54) is 12.1 Å². The van der Waals surface area contributed by atoms with Crippen LogP contribution in [0.25, 0.3) is 0 Å². The predicted molar refractivity (Wildman–Crippen MR) is 75.4 cm³/mol. The van der Waals surface area contributed by atoms with Gasteiger partial charge < -0.3 is 9.64 Å². The third-order valence-electron chi connectivity index (χ3n) is 2.88. The molecule has 1 aromatic rings. The molecule has 0 saturated heterocycles. The van der Waals surface area contributed by atoms with Crippen LogP contribution in [0.1, 0.15) is 32.3 Å². The number of unbranched alkanes of at least 4 members (excludes halogenated alkanes) is 1. The summed E-state index contributed by atoms with van der Waals surface area (Å²) >= 11 is 0. The highest BCUT2D eigenvalue weighted by Gasteiger charge is 2.14. The zero-order valence-corrected chi connectivity index (χ0v) is 11.9. The van der Waals surface area contributed by atoms with Crippen LogP contribution in [0.4, 0.5) is 10.5 Å². The number of non-ortho nitro benzene ring substituents is 1. The number of nitrogens with zero attached hydrogens (tertiary/aromatic N) is 2. The van der Waals surface area contributed by atoms with Gasteiger partial charge in [0, 0.05) is 25.2 Å². The van der Waals surface area contributed by atoms with Crippen LogP contribution in [-0.2, 0) is 11.3 Å². The van der Waals surface area contributed by atoms with E-state index in [-0.39, 0.29) is 11.8 Å². The zero-order valence-electron chi connectivity index (χ0n) is 11.9. The molecule has 0 radical (unpaired) electrons. The van der Waals surface area contributed by atoms with Crippen molar-refractivity contribution in [2.45, 2.75) is 33.2 Å². The van der Waals surface area contributed by atoms with Crippen molar-refractivity contribution in [3.8, 4) is 0 Å². The molecule has 0 fully saturated rings. The molecule has 110 valence electrons. The van der Waals surface area contributed by atoms with Crippen LogP contribution < -0.4 is 0 Å². The first-order valence-electron chi connectivity index (χ1n) is 6.73. The minimum absolute atomic E-state index is 0.0438. The van der Waals surface area contributed by atoms with Crippen molar-refractivity contribution < 1.29 is 14.5 Å². The van der Waals surface area contributed by atoms with Gasteiger partial charge in [-0.3, -0.25) is 10.1 Å². The first kappa shape index (κ1) is 15.9. The number of carbonyl (C=O) groups is 1. The maximum absolute atomic E-state index is 11.8. The molecular weight excluding hydrogens is 260 g/mol. The second-order valence-electron chi connectivity index (χ2n) is 4.41. The van der Waals surface area contributed by atoms with E-state index < -0.39 is 4.92 Å². The molecular formula is C14H20N2O4. The zero-order chi connectivity index (χ0) is 15.0. The van der Waals surface area contributed by atoms with Crippen molar-refractivity contribution in [2.24, 2.45) is 0 Å². The summed E-state index contributed by atoms with van der Waals surface area (Å²) in [6.45, 7) is 5.24. The number of hydrogen-bond acceptors (Lipinski definition) is 4. The van der Waals surface area contributed by atoms with Crippen LogP contribution >= 0.6 is 0 Å². The van der Waals surface area contributed by atoms with E-state index >= 15 is 0 Å². The lowest BCUT2D eigenvalue weighted by Crippen LogP contribution is -2.31. The van der Waals surface area contributed by atoms with Crippen molar-refractivity contribution in [1.29, 1.82) is 0 Å². The van der Waals surface area contributed by atoms with Gasteiger partial charge in [-0.2, -0.15) is 0 Å². The quantitative estimate of drug-likeness (QED) is 0.436. The number of ether oxygens (including phenoxy) is 1. The molecule has 6 nitrogen and oxygen atoms in total. The summed E-state index contributed by atoms with van der Waals surface area (Å²) in [4.78, 5) is 23.5. The Morgan fingerprint density at radius 1 is 1.30 bits per heavy atom. The van der Waals surface area contributed by atoms with Crippen LogP contribution in [0.3, 0.4) is 0 Å². The van der Waals surface area contributed by atoms with Crippen LogP contribution in [0.15, 0.2) is 24.3 Å². The van der Waals surface area contributed by atoms with E-state index in [0.717, 1.165) is 18.4 Å². The van der Waals surface area contributed by atoms with Crippen LogP contribution in [0.5, 0.6) is 0 Å². The lowest BCUT2D eigenvalue weighted by molar-refractivity contribution is -0.384. The monoisotopic (exact) mass is 280 g/mol. The van der Waals surface area contributed by atoms with Crippen LogP contribution in [0, 0.1) is 10.1 Å². The number of nitro benzene ring substituents is 1. The molecule has 0 saturated carbocycles. The lowest BCUT2D eigenvalue weighted by Gasteiger charge is -2.20. The fraction of sp³-hybridized carbons (Fsp3) is 0.500. The average Bonchev–Trinajstić information content (AvgIpc) is 2.45. The number of nitro groups is 1. The van der Waals surface area contributed by atoms with Crippen LogP contribution in [-0.4, -0.2) is 29.1 Å². The van der Waals surface area contributed by atoms with Crippen molar-refractivity contribution in [3.63, 3.8) is 0 Å². The minimum Gasteiger partial charge on any atom is -0.449 e. The molecule has 6 heteroatoms. The van der Waals surface area contributed by atoms with E-state index in [1.54, 1.807) is 17.0 Å². The molecule has 0 bridgehead atoms. The highest BCUT2D eigenvalue weighted by Crippen LogP contribution is 2.14. The van der Waals surface area contributed by atoms with E-state index in [1.807, 2.05) is 13.8 Å². The Hall–Kier alpha value is -2.11. The topological polar surface area (TPSA) is 72.7 Å². The Kier molecular flexibility index (Phi) is 6.49. The molecule has 1 amide bonds. The van der Waals surface area contributed by atoms with Crippen LogP contribution in [0.2, 0.25) is 0 Å². The molecule has 0 aliphatic heterocycles. The van der Waals surface area contributed by atoms with Gasteiger partial charge in [-0.05, 0) is 18.9 Å². The van der Waals surface area contributed by atoms with Gasteiger partial charge in [0.05, 0.1) is 11.5 Å². The summed E-state index contributed by atoms with van der Waals surface area (Å²) in [6.07, 6.45) is 1.47. The summed E-state index contributed by atoms with van der Waals surface area (Å²) < 4.78 is 5.15. The van der Waals surface area contributed by atoms with E-state index in [0.29, 0.717) is 19.7 Å². The number of carbonyl (C=O) groups excluding carboxylic acids is 1. The van der Waals surface area contributed by atoms with Gasteiger partial charge in [-0.15, -0.1) is 0 Å². The van der Waals surface area contributed by atoms with Gasteiger partial charge in [-0.25, -0.2) is 4.79 Å². The normalized spacial score (nSPS) is 10.1. The van der Waals surface area contributed by atoms with Gasteiger partial charge in [0.25, 0.3) is 5.69 Å². The third-order valence-corrected chi connectivity index (χ3v) is 2.88. The molecule has 0 atom stereocenters. The fourth-order valence-corrected chi connectivity index (χ4v) is 1.64. The first-order valence-corrected chi connectivity index (χ1v) is 6.73. The molecule has 0 aromatic heterocycles. The van der Waals surface area contributed by atoms with Crippen molar-refractivity contribution in [1.82, 2.24) is 4.90 Å². The minimum atomic E-state index is -0.444. The SMILES string of the molecule is CCCCOC(=O)N(CC)Cc1ccc([N+](=O)[O-])cc1.